The minimum Gasteiger partial charge on any atom is -0.478 e. The third kappa shape index (κ3) is 9.25. The summed E-state index contributed by atoms with van der Waals surface area (Å²) in [5.74, 6) is -6.49. The van der Waals surface area contributed by atoms with Crippen molar-refractivity contribution in [3.05, 3.63) is 135 Å². The molecule has 4 aromatic carbocycles. The smallest absolute Gasteiger partial charge is 0.349 e. The number of esters is 2. The number of hydrogen-bond donors (Lipinski definition) is 4. The minimum atomic E-state index is -2.29. The highest BCUT2D eigenvalue weighted by Crippen LogP contribution is 2.16. The van der Waals surface area contributed by atoms with Crippen molar-refractivity contribution >= 4 is 52.9 Å². The van der Waals surface area contributed by atoms with Gasteiger partial charge >= 0.3 is 17.9 Å². The van der Waals surface area contributed by atoms with Crippen molar-refractivity contribution in [1.29, 1.82) is 0 Å². The maximum atomic E-state index is 13.2. The highest BCUT2D eigenvalue weighted by atomic mass is 35.5. The number of halogens is 1. The Morgan fingerprint density at radius 3 is 1.49 bits per heavy atom. The Balaban J connectivity index is 1.47. The van der Waals surface area contributed by atoms with Gasteiger partial charge in [0.05, 0.1) is 11.1 Å². The van der Waals surface area contributed by atoms with E-state index in [1.165, 1.54) is 48.5 Å². The number of hydrogen-bond acceptors (Lipinski definition) is 8. The summed E-state index contributed by atoms with van der Waals surface area (Å²) in [5.41, 5.74) is 6.55. The van der Waals surface area contributed by atoms with Crippen LogP contribution in [0.1, 0.15) is 52.6 Å². The number of aliphatic carboxylic acids is 1. The zero-order valence-electron chi connectivity index (χ0n) is 25.0. The topological polar surface area (TPSA) is 177 Å². The number of nitrogens with one attached hydrogen (secondary N) is 3. The summed E-state index contributed by atoms with van der Waals surface area (Å²) in [6.07, 6.45) is -4.51. The summed E-state index contributed by atoms with van der Waals surface area (Å²) in [6, 6.07) is 23.9. The molecule has 0 unspecified atom stereocenters. The summed E-state index contributed by atoms with van der Waals surface area (Å²) in [6.45, 7) is 3.56. The number of anilines is 1. The lowest BCUT2D eigenvalue weighted by Gasteiger charge is -2.23. The number of carboxylic acid groups (broad SMARTS) is 1. The molecular formula is C34H28ClN3O9. The van der Waals surface area contributed by atoms with Crippen molar-refractivity contribution in [3.8, 4) is 0 Å². The Bertz CT molecular complexity index is 1790. The van der Waals surface area contributed by atoms with E-state index < -0.39 is 47.8 Å². The first-order valence-electron chi connectivity index (χ1n) is 14.0. The number of carboxylic acids is 1. The van der Waals surface area contributed by atoms with Gasteiger partial charge in [-0.05, 0) is 86.6 Å². The molecule has 0 saturated heterocycles. The number of amides is 3. The predicted octanol–water partition coefficient (Wildman–Crippen LogP) is 4.51. The fourth-order valence-corrected chi connectivity index (χ4v) is 4.14. The molecule has 0 aromatic heterocycles. The zero-order chi connectivity index (χ0) is 34.1. The molecule has 0 radical (unpaired) electrons. The molecular weight excluding hydrogens is 630 g/mol. The number of hydrazine groups is 1. The quantitative estimate of drug-likeness (QED) is 0.141. The van der Waals surface area contributed by atoms with E-state index in [4.69, 9.17) is 21.1 Å². The summed E-state index contributed by atoms with van der Waals surface area (Å²) >= 11 is 5.85. The summed E-state index contributed by atoms with van der Waals surface area (Å²) < 4.78 is 10.4. The normalized spacial score (nSPS) is 11.7. The van der Waals surface area contributed by atoms with Crippen LogP contribution in [0.25, 0.3) is 0 Å². The largest absolute Gasteiger partial charge is 0.478 e. The van der Waals surface area contributed by atoms with Crippen LogP contribution in [0.2, 0.25) is 5.02 Å². The van der Waals surface area contributed by atoms with Gasteiger partial charge in [-0.25, -0.2) is 14.4 Å². The van der Waals surface area contributed by atoms with Gasteiger partial charge in [-0.15, -0.1) is 0 Å². The van der Waals surface area contributed by atoms with Gasteiger partial charge in [0.1, 0.15) is 0 Å². The lowest BCUT2D eigenvalue weighted by atomic mass is 10.1. The molecule has 13 heteroatoms. The van der Waals surface area contributed by atoms with Gasteiger partial charge in [-0.2, -0.15) is 0 Å². The molecule has 0 aliphatic carbocycles. The van der Waals surface area contributed by atoms with Crippen LogP contribution in [0.5, 0.6) is 0 Å². The first-order chi connectivity index (χ1) is 22.4. The van der Waals surface area contributed by atoms with Crippen molar-refractivity contribution in [2.24, 2.45) is 0 Å². The van der Waals surface area contributed by atoms with Gasteiger partial charge in [0, 0.05) is 21.8 Å². The fourth-order valence-electron chi connectivity index (χ4n) is 4.01. The van der Waals surface area contributed by atoms with Crippen LogP contribution in [0, 0.1) is 13.8 Å². The van der Waals surface area contributed by atoms with Crippen LogP contribution >= 0.6 is 11.6 Å². The lowest BCUT2D eigenvalue weighted by Crippen LogP contribution is -2.54. The Labute approximate surface area is 273 Å². The molecule has 4 aromatic rings. The van der Waals surface area contributed by atoms with Crippen LogP contribution in [0.15, 0.2) is 97.1 Å². The second kappa shape index (κ2) is 15.3. The van der Waals surface area contributed by atoms with E-state index in [2.05, 4.69) is 10.7 Å². The minimum absolute atomic E-state index is 0.00493. The number of ether oxygens (including phenoxy) is 2. The standard InChI is InChI=1S/C34H28ClN3O9/c1-19-3-7-23(8-4-19)33(44)46-27(28(32(42)43)47-34(45)24-9-5-20(2)6-10-24)31(41)38-37-30(40)22-13-17-26(18-14-22)36-29(39)21-11-15-25(35)16-12-21/h3-18,27-28H,1-2H3,(H,36,39)(H,37,40)(H,38,41)(H,42,43)/t27-,28-/m0/s1. The van der Waals surface area contributed by atoms with E-state index >= 15 is 0 Å². The SMILES string of the molecule is Cc1ccc(C(=O)O[C@H](C(=O)O)[C@H](OC(=O)c2ccc(C)cc2)C(=O)NNC(=O)c2ccc(NC(=O)c3ccc(Cl)cc3)cc2)cc1. The first kappa shape index (κ1) is 33.9. The molecule has 47 heavy (non-hydrogen) atoms. The molecule has 4 N–H and O–H groups in total. The molecule has 12 nitrogen and oxygen atoms in total. The Kier molecular flexibility index (Phi) is 11.0. The van der Waals surface area contributed by atoms with Crippen LogP contribution in [0.3, 0.4) is 0 Å². The zero-order valence-corrected chi connectivity index (χ0v) is 25.7. The number of carbonyl (C=O) groups is 6. The third-order valence-corrected chi connectivity index (χ3v) is 6.88. The van der Waals surface area contributed by atoms with Crippen molar-refractivity contribution < 1.29 is 43.3 Å². The van der Waals surface area contributed by atoms with Gasteiger partial charge in [0.2, 0.25) is 12.2 Å². The second-order valence-corrected chi connectivity index (χ2v) is 10.6. The van der Waals surface area contributed by atoms with Gasteiger partial charge < -0.3 is 19.9 Å². The van der Waals surface area contributed by atoms with E-state index in [-0.39, 0.29) is 16.7 Å². The number of aryl methyl sites for hydroxylation is 2. The van der Waals surface area contributed by atoms with Gasteiger partial charge in [0.15, 0.2) is 0 Å². The third-order valence-electron chi connectivity index (χ3n) is 6.63. The maximum Gasteiger partial charge on any atom is 0.349 e. The molecule has 0 fully saturated rings. The van der Waals surface area contributed by atoms with E-state index in [0.29, 0.717) is 16.3 Å². The Hall–Kier alpha value is -6.01. The number of carbonyl (C=O) groups excluding carboxylic acids is 5. The lowest BCUT2D eigenvalue weighted by molar-refractivity contribution is -0.159. The number of benzene rings is 4. The average Bonchev–Trinajstić information content (AvgIpc) is 3.06. The molecule has 3 amide bonds. The molecule has 0 heterocycles. The molecule has 0 aliphatic rings. The van der Waals surface area contributed by atoms with Crippen LogP contribution in [-0.2, 0) is 19.1 Å². The highest BCUT2D eigenvalue weighted by Gasteiger charge is 2.41. The predicted molar refractivity (Wildman–Crippen MR) is 170 cm³/mol. The molecule has 0 spiro atoms. The fraction of sp³-hybridized carbons (Fsp3) is 0.118. The first-order valence-corrected chi connectivity index (χ1v) is 14.3. The Morgan fingerprint density at radius 2 is 1.00 bits per heavy atom. The van der Waals surface area contributed by atoms with Gasteiger partial charge in [0.25, 0.3) is 17.7 Å². The highest BCUT2D eigenvalue weighted by molar-refractivity contribution is 6.30. The van der Waals surface area contributed by atoms with E-state index in [0.717, 1.165) is 11.1 Å². The van der Waals surface area contributed by atoms with Crippen molar-refractivity contribution in [1.82, 2.24) is 10.9 Å². The summed E-state index contributed by atoms with van der Waals surface area (Å²) in [5, 5.41) is 13.1. The maximum absolute atomic E-state index is 13.2. The van der Waals surface area contributed by atoms with Crippen molar-refractivity contribution in [2.45, 2.75) is 26.1 Å². The van der Waals surface area contributed by atoms with E-state index in [9.17, 15) is 33.9 Å². The molecule has 0 saturated carbocycles. The van der Waals surface area contributed by atoms with Crippen molar-refractivity contribution in [2.75, 3.05) is 5.32 Å². The van der Waals surface area contributed by atoms with Crippen LogP contribution < -0.4 is 16.2 Å². The van der Waals surface area contributed by atoms with Crippen LogP contribution in [0.4, 0.5) is 5.69 Å². The van der Waals surface area contributed by atoms with Gasteiger partial charge in [-0.1, -0.05) is 47.0 Å². The molecule has 2 atom stereocenters. The average molecular weight is 658 g/mol. The monoisotopic (exact) mass is 657 g/mol. The van der Waals surface area contributed by atoms with Gasteiger partial charge in [-0.3, -0.25) is 25.2 Å². The van der Waals surface area contributed by atoms with Crippen molar-refractivity contribution in [3.63, 3.8) is 0 Å². The summed E-state index contributed by atoms with van der Waals surface area (Å²) in [7, 11) is 0. The van der Waals surface area contributed by atoms with E-state index in [1.807, 2.05) is 5.43 Å². The number of rotatable bonds is 10. The second-order valence-electron chi connectivity index (χ2n) is 10.2. The van der Waals surface area contributed by atoms with E-state index in [1.54, 1.807) is 62.4 Å². The molecule has 0 bridgehead atoms. The molecule has 240 valence electrons. The molecule has 0 aliphatic heterocycles. The molecule has 4 rings (SSSR count). The summed E-state index contributed by atoms with van der Waals surface area (Å²) in [4.78, 5) is 76.4. The van der Waals surface area contributed by atoms with Crippen LogP contribution in [-0.4, -0.2) is 52.9 Å². The Morgan fingerprint density at radius 1 is 0.574 bits per heavy atom.